The molecule has 1 aliphatic heterocycles. The Kier molecular flexibility index (Phi) is 8.64. The van der Waals surface area contributed by atoms with E-state index in [4.69, 9.17) is 15.7 Å². The fourth-order valence-electron chi connectivity index (χ4n) is 6.23. The summed E-state index contributed by atoms with van der Waals surface area (Å²) in [6.07, 6.45) is 4.61. The molecule has 0 bridgehead atoms. The van der Waals surface area contributed by atoms with Crippen LogP contribution in [0.15, 0.2) is 71.5 Å². The Morgan fingerprint density at radius 2 is 1.77 bits per heavy atom. The molecular weight excluding hydrogens is 551 g/mol. The third-order valence-corrected chi connectivity index (χ3v) is 8.11. The predicted octanol–water partition coefficient (Wildman–Crippen LogP) is 5.27. The molecule has 5 rings (SSSR count). The number of nitrogens with zero attached hydrogens (tertiary/aromatic N) is 5. The number of carbonyl (C=O) groups is 1. The van der Waals surface area contributed by atoms with Crippen LogP contribution in [0, 0.1) is 12.7 Å². The first-order chi connectivity index (χ1) is 20.9. The highest BCUT2D eigenvalue weighted by Gasteiger charge is 2.34. The van der Waals surface area contributed by atoms with Crippen molar-refractivity contribution in [1.82, 2.24) is 19.4 Å². The average molecular weight is 585 g/mol. The van der Waals surface area contributed by atoms with Gasteiger partial charge in [-0.1, -0.05) is 50.8 Å². The molecule has 1 aliphatic rings. The Bertz CT molecular complexity index is 1850. The van der Waals surface area contributed by atoms with Crippen molar-refractivity contribution < 1.29 is 9.18 Å². The Morgan fingerprint density at radius 1 is 1.09 bits per heavy atom. The minimum Gasteiger partial charge on any atom is -0.347 e. The number of pyridine rings is 1. The molecule has 7 nitrogen and oxygen atoms in total. The second-order valence-corrected chi connectivity index (χ2v) is 11.7. The van der Waals surface area contributed by atoms with Crippen LogP contribution in [0.25, 0.3) is 33.8 Å². The number of rotatable bonds is 6. The van der Waals surface area contributed by atoms with Gasteiger partial charge in [0.05, 0.1) is 32.6 Å². The van der Waals surface area contributed by atoms with E-state index in [1.54, 1.807) is 39.9 Å². The summed E-state index contributed by atoms with van der Waals surface area (Å²) in [7, 11) is 11.6. The standard InChI is InChI=1S/C34H34B2FN5O2/c1-7-30(43)40-17-21(5)41(22(6)18-40)33-26-15-27(37)25(24-11-9-8-10-23(24)14-29(35)36)16-28(26)42(34(44)39-33)32-20(4)12-13-38-31(32)19(2)3/h7-16,19,21-22H,1,17-18H2,2-6H3/t21-,22-/m0/s1. The van der Waals surface area contributed by atoms with E-state index in [0.29, 0.717) is 46.6 Å². The van der Waals surface area contributed by atoms with Crippen molar-refractivity contribution in [2.45, 2.75) is 52.6 Å². The van der Waals surface area contributed by atoms with Crippen LogP contribution in [0.1, 0.15) is 50.4 Å². The van der Waals surface area contributed by atoms with E-state index in [9.17, 15) is 9.59 Å². The summed E-state index contributed by atoms with van der Waals surface area (Å²) in [6, 6.07) is 11.8. The molecule has 2 aromatic carbocycles. The van der Waals surface area contributed by atoms with Crippen LogP contribution < -0.4 is 10.6 Å². The van der Waals surface area contributed by atoms with Gasteiger partial charge >= 0.3 is 5.69 Å². The number of aryl methyl sites for hydroxylation is 1. The minimum absolute atomic E-state index is 0.000331. The molecule has 4 radical (unpaired) electrons. The van der Waals surface area contributed by atoms with Crippen molar-refractivity contribution in [2.75, 3.05) is 18.0 Å². The number of hydrogen-bond acceptors (Lipinski definition) is 5. The highest BCUT2D eigenvalue weighted by molar-refractivity contribution is 6.50. The molecule has 3 heterocycles. The second kappa shape index (κ2) is 12.3. The lowest BCUT2D eigenvalue weighted by molar-refractivity contribution is -0.127. The van der Waals surface area contributed by atoms with Gasteiger partial charge < -0.3 is 9.80 Å². The monoisotopic (exact) mass is 585 g/mol. The summed E-state index contributed by atoms with van der Waals surface area (Å²) in [5, 5.41) is 0.559. The Hall–Kier alpha value is -4.46. The van der Waals surface area contributed by atoms with Crippen molar-refractivity contribution in [3.63, 3.8) is 0 Å². The normalized spacial score (nSPS) is 16.8. The number of amides is 1. The number of carbonyl (C=O) groups excluding carboxylic acids is 1. The summed E-state index contributed by atoms with van der Waals surface area (Å²) in [6.45, 7) is 14.3. The molecule has 1 amide bonds. The fraction of sp³-hybridized carbons (Fsp3) is 0.294. The Labute approximate surface area is 259 Å². The van der Waals surface area contributed by atoms with Gasteiger partial charge in [0.15, 0.2) is 0 Å². The molecule has 1 saturated heterocycles. The van der Waals surface area contributed by atoms with E-state index >= 15 is 4.39 Å². The van der Waals surface area contributed by atoms with Crippen molar-refractivity contribution in [2.24, 2.45) is 0 Å². The first kappa shape index (κ1) is 31.0. The summed E-state index contributed by atoms with van der Waals surface area (Å²) < 4.78 is 17.8. The highest BCUT2D eigenvalue weighted by Crippen LogP contribution is 2.37. The summed E-state index contributed by atoms with van der Waals surface area (Å²) >= 11 is 0. The van der Waals surface area contributed by atoms with Crippen LogP contribution in [0.2, 0.25) is 0 Å². The lowest BCUT2D eigenvalue weighted by Gasteiger charge is -2.45. The van der Waals surface area contributed by atoms with Crippen molar-refractivity contribution in [3.05, 3.63) is 99.8 Å². The Balaban J connectivity index is 1.85. The minimum atomic E-state index is -0.508. The van der Waals surface area contributed by atoms with Crippen LogP contribution in [0.3, 0.4) is 0 Å². The van der Waals surface area contributed by atoms with Gasteiger partial charge in [-0.25, -0.2) is 9.18 Å². The average Bonchev–Trinajstić information content (AvgIpc) is 2.96. The third kappa shape index (κ3) is 5.61. The number of halogens is 1. The number of aromatic nitrogens is 3. The van der Waals surface area contributed by atoms with Crippen molar-refractivity contribution in [3.8, 4) is 16.8 Å². The van der Waals surface area contributed by atoms with E-state index in [0.717, 1.165) is 11.3 Å². The molecule has 0 spiro atoms. The molecular formula is C34H34B2FN5O2. The molecule has 4 aromatic rings. The maximum Gasteiger partial charge on any atom is 0.354 e. The van der Waals surface area contributed by atoms with Gasteiger partial charge in [-0.15, -0.1) is 0 Å². The molecule has 0 unspecified atom stereocenters. The van der Waals surface area contributed by atoms with Crippen LogP contribution in [0.4, 0.5) is 10.2 Å². The number of piperazine rings is 1. The predicted molar refractivity (Wildman–Crippen MR) is 177 cm³/mol. The number of anilines is 1. The van der Waals surface area contributed by atoms with Crippen molar-refractivity contribution >= 4 is 44.4 Å². The number of fused-ring (bicyclic) bond motifs is 1. The molecule has 44 heavy (non-hydrogen) atoms. The number of benzene rings is 2. The zero-order valence-electron chi connectivity index (χ0n) is 25.7. The second-order valence-electron chi connectivity index (χ2n) is 11.7. The lowest BCUT2D eigenvalue weighted by atomic mass is 9.77. The topological polar surface area (TPSA) is 71.3 Å². The maximum absolute atomic E-state index is 16.3. The molecule has 220 valence electrons. The highest BCUT2D eigenvalue weighted by atomic mass is 19.1. The third-order valence-electron chi connectivity index (χ3n) is 8.11. The first-order valence-corrected chi connectivity index (χ1v) is 14.7. The summed E-state index contributed by atoms with van der Waals surface area (Å²) in [5.41, 5.74) is 3.66. The largest absolute Gasteiger partial charge is 0.354 e. The SMILES string of the molecule is [B]C([B])=Cc1ccccc1-c1cc2c(cc1F)c(N1[C@@H](C)CN(C(=O)C=C)C[C@@H]1C)nc(=O)n2-c1c(C)ccnc1C(C)C. The van der Waals surface area contributed by atoms with E-state index in [2.05, 4.69) is 16.5 Å². The molecule has 0 N–H and O–H groups in total. The summed E-state index contributed by atoms with van der Waals surface area (Å²) in [4.78, 5) is 39.6. The van der Waals surface area contributed by atoms with Gasteiger partial charge in [-0.2, -0.15) is 10.4 Å². The van der Waals surface area contributed by atoms with E-state index in [1.165, 1.54) is 12.1 Å². The molecule has 1 fully saturated rings. The van der Waals surface area contributed by atoms with Gasteiger partial charge in [0.25, 0.3) is 0 Å². The van der Waals surface area contributed by atoms with Crippen LogP contribution >= 0.6 is 0 Å². The van der Waals surface area contributed by atoms with Crippen LogP contribution in [0.5, 0.6) is 0 Å². The fourth-order valence-corrected chi connectivity index (χ4v) is 6.23. The van der Waals surface area contributed by atoms with E-state index in [1.807, 2.05) is 57.7 Å². The van der Waals surface area contributed by atoms with E-state index in [-0.39, 0.29) is 34.8 Å². The zero-order chi connectivity index (χ0) is 31.9. The zero-order valence-corrected chi connectivity index (χ0v) is 25.7. The van der Waals surface area contributed by atoms with Gasteiger partial charge in [-0.05, 0) is 67.7 Å². The van der Waals surface area contributed by atoms with Crippen molar-refractivity contribution in [1.29, 1.82) is 0 Å². The van der Waals surface area contributed by atoms with Gasteiger partial charge in [0.1, 0.15) is 11.6 Å². The van der Waals surface area contributed by atoms with Gasteiger partial charge in [0.2, 0.25) is 5.91 Å². The van der Waals surface area contributed by atoms with E-state index < -0.39 is 11.5 Å². The smallest absolute Gasteiger partial charge is 0.347 e. The summed E-state index contributed by atoms with van der Waals surface area (Å²) in [5.74, 6) is -0.286. The molecule has 2 atom stereocenters. The molecule has 0 aliphatic carbocycles. The van der Waals surface area contributed by atoms with Gasteiger partial charge in [0, 0.05) is 42.3 Å². The van der Waals surface area contributed by atoms with Crippen LogP contribution in [-0.2, 0) is 4.79 Å². The molecule has 0 saturated carbocycles. The number of hydrogen-bond donors (Lipinski definition) is 0. The van der Waals surface area contributed by atoms with Gasteiger partial charge in [-0.3, -0.25) is 14.3 Å². The Morgan fingerprint density at radius 3 is 2.41 bits per heavy atom. The maximum atomic E-state index is 16.3. The first-order valence-electron chi connectivity index (χ1n) is 14.7. The molecule has 2 aromatic heterocycles. The van der Waals surface area contributed by atoms with Crippen LogP contribution in [-0.4, -0.2) is 66.2 Å². The molecule has 10 heteroatoms. The lowest BCUT2D eigenvalue weighted by Crippen LogP contribution is -2.58. The quantitative estimate of drug-likeness (QED) is 0.228.